The smallest absolute Gasteiger partial charge is 0.232 e. The average Bonchev–Trinajstić information content (AvgIpc) is 2.96. The van der Waals surface area contributed by atoms with Gasteiger partial charge in [-0.2, -0.15) is 0 Å². The van der Waals surface area contributed by atoms with Crippen molar-refractivity contribution in [1.29, 1.82) is 0 Å². The number of halogens is 1. The number of fused-ring (bicyclic) bond motifs is 1. The summed E-state index contributed by atoms with van der Waals surface area (Å²) in [4.78, 5) is 30.6. The predicted octanol–water partition coefficient (Wildman–Crippen LogP) is 2.54. The van der Waals surface area contributed by atoms with Gasteiger partial charge in [0.25, 0.3) is 0 Å². The van der Waals surface area contributed by atoms with Crippen LogP contribution in [-0.2, 0) is 11.2 Å². The van der Waals surface area contributed by atoms with Gasteiger partial charge in [0.1, 0.15) is 5.15 Å². The number of aromatic nitrogens is 2. The lowest BCUT2D eigenvalue weighted by Gasteiger charge is -2.09. The minimum Gasteiger partial charge on any atom is -0.364 e. The van der Waals surface area contributed by atoms with Gasteiger partial charge in [-0.3, -0.25) is 9.59 Å². The van der Waals surface area contributed by atoms with Crippen molar-refractivity contribution in [2.45, 2.75) is 19.3 Å². The molecule has 6 heteroatoms. The van der Waals surface area contributed by atoms with E-state index in [4.69, 9.17) is 11.6 Å². The molecule has 2 aromatic heterocycles. The van der Waals surface area contributed by atoms with Crippen LogP contribution in [0.5, 0.6) is 0 Å². The summed E-state index contributed by atoms with van der Waals surface area (Å²) in [6.07, 6.45) is 3.69. The first-order chi connectivity index (χ1) is 9.56. The number of carbonyl (C=O) groups excluding carboxylic acids is 2. The van der Waals surface area contributed by atoms with Crippen LogP contribution in [0, 0.1) is 0 Å². The van der Waals surface area contributed by atoms with Gasteiger partial charge in [0.15, 0.2) is 5.78 Å². The number of H-pyrrole nitrogens is 1. The number of Topliss-reactive ketones (excluding diaryl/α,β-unsaturated/α-hetero) is 1. The van der Waals surface area contributed by atoms with Crippen LogP contribution in [0.15, 0.2) is 24.5 Å². The Bertz CT molecular complexity index is 708. The number of anilines is 1. The predicted molar refractivity (Wildman–Crippen MR) is 75.1 cm³/mol. The van der Waals surface area contributed by atoms with Gasteiger partial charge in [-0.15, -0.1) is 0 Å². The lowest BCUT2D eigenvalue weighted by molar-refractivity contribution is -0.117. The van der Waals surface area contributed by atoms with Gasteiger partial charge in [0.05, 0.1) is 17.8 Å². The second kappa shape index (κ2) is 4.76. The van der Waals surface area contributed by atoms with E-state index in [9.17, 15) is 9.59 Å². The largest absolute Gasteiger partial charge is 0.364 e. The topological polar surface area (TPSA) is 74.8 Å². The Morgan fingerprint density at radius 2 is 2.30 bits per heavy atom. The number of amides is 1. The van der Waals surface area contributed by atoms with Crippen LogP contribution in [0.3, 0.4) is 0 Å². The molecule has 1 atom stereocenters. The minimum absolute atomic E-state index is 0.0207. The van der Waals surface area contributed by atoms with Crippen molar-refractivity contribution in [3.05, 3.63) is 46.5 Å². The molecular weight excluding hydrogens is 278 g/mol. The monoisotopic (exact) mass is 289 g/mol. The average molecular weight is 290 g/mol. The van der Waals surface area contributed by atoms with Gasteiger partial charge in [-0.1, -0.05) is 11.6 Å². The maximum absolute atomic E-state index is 12.1. The Morgan fingerprint density at radius 3 is 3.05 bits per heavy atom. The fourth-order valence-electron chi connectivity index (χ4n) is 2.51. The number of rotatable bonds is 3. The molecule has 5 nitrogen and oxygen atoms in total. The summed E-state index contributed by atoms with van der Waals surface area (Å²) < 4.78 is 0. The third-order valence-corrected chi connectivity index (χ3v) is 3.68. The van der Waals surface area contributed by atoms with Crippen molar-refractivity contribution in [2.75, 3.05) is 5.32 Å². The highest BCUT2D eigenvalue weighted by Crippen LogP contribution is 2.35. The van der Waals surface area contributed by atoms with Crippen molar-refractivity contribution in [2.24, 2.45) is 0 Å². The molecule has 20 heavy (non-hydrogen) atoms. The van der Waals surface area contributed by atoms with Gasteiger partial charge < -0.3 is 10.3 Å². The summed E-state index contributed by atoms with van der Waals surface area (Å²) in [5.41, 5.74) is 2.88. The molecule has 3 rings (SSSR count). The zero-order valence-corrected chi connectivity index (χ0v) is 11.5. The van der Waals surface area contributed by atoms with Gasteiger partial charge >= 0.3 is 0 Å². The van der Waals surface area contributed by atoms with Crippen LogP contribution in [0.1, 0.15) is 34.5 Å². The first-order valence-corrected chi connectivity index (χ1v) is 6.57. The molecule has 1 amide bonds. The number of nitrogens with zero attached hydrogens (tertiary/aromatic N) is 1. The van der Waals surface area contributed by atoms with Gasteiger partial charge in [-0.25, -0.2) is 4.98 Å². The molecule has 0 bridgehead atoms. The van der Waals surface area contributed by atoms with E-state index in [1.54, 1.807) is 24.5 Å². The Kier molecular flexibility index (Phi) is 3.06. The van der Waals surface area contributed by atoms with E-state index in [1.807, 2.05) is 0 Å². The molecule has 3 heterocycles. The molecule has 1 aliphatic heterocycles. The number of ketones is 1. The molecule has 0 aromatic carbocycles. The van der Waals surface area contributed by atoms with Crippen LogP contribution < -0.4 is 5.32 Å². The zero-order valence-electron chi connectivity index (χ0n) is 10.7. The Hall–Kier alpha value is -2.14. The number of aromatic amines is 1. The highest BCUT2D eigenvalue weighted by atomic mass is 35.5. The maximum Gasteiger partial charge on any atom is 0.232 e. The van der Waals surface area contributed by atoms with Crippen LogP contribution in [0.4, 0.5) is 5.69 Å². The van der Waals surface area contributed by atoms with Crippen molar-refractivity contribution in [3.8, 4) is 0 Å². The lowest BCUT2D eigenvalue weighted by atomic mass is 9.94. The van der Waals surface area contributed by atoms with E-state index in [1.165, 1.54) is 6.92 Å². The number of hydrogen-bond donors (Lipinski definition) is 2. The SMILES string of the molecule is CC(=O)c1cc[nH]c1CC1C(=O)Nc2cnc(Cl)cc21. The number of hydrogen-bond acceptors (Lipinski definition) is 3. The molecule has 0 saturated carbocycles. The maximum atomic E-state index is 12.1. The summed E-state index contributed by atoms with van der Waals surface area (Å²) in [7, 11) is 0. The second-order valence-corrected chi connectivity index (χ2v) is 5.15. The van der Waals surface area contributed by atoms with Gasteiger partial charge in [0.2, 0.25) is 5.91 Å². The van der Waals surface area contributed by atoms with Crippen LogP contribution in [0.2, 0.25) is 5.15 Å². The number of nitrogens with one attached hydrogen (secondary N) is 2. The van der Waals surface area contributed by atoms with Crippen LogP contribution in [-0.4, -0.2) is 21.7 Å². The molecule has 1 aliphatic rings. The lowest BCUT2D eigenvalue weighted by Crippen LogP contribution is -2.15. The quantitative estimate of drug-likeness (QED) is 0.673. The second-order valence-electron chi connectivity index (χ2n) is 4.77. The summed E-state index contributed by atoms with van der Waals surface area (Å²) in [6.45, 7) is 1.51. The minimum atomic E-state index is -0.359. The summed E-state index contributed by atoms with van der Waals surface area (Å²) in [6, 6.07) is 3.42. The third kappa shape index (κ3) is 2.10. The highest BCUT2D eigenvalue weighted by molar-refractivity contribution is 6.29. The van der Waals surface area contributed by atoms with E-state index in [0.29, 0.717) is 22.8 Å². The van der Waals surface area contributed by atoms with Crippen LogP contribution in [0.25, 0.3) is 0 Å². The molecule has 0 saturated heterocycles. The van der Waals surface area contributed by atoms with E-state index in [-0.39, 0.29) is 17.6 Å². The number of carbonyl (C=O) groups is 2. The van der Waals surface area contributed by atoms with Gasteiger partial charge in [-0.05, 0) is 24.6 Å². The first kappa shape index (κ1) is 12.9. The van der Waals surface area contributed by atoms with Crippen molar-refractivity contribution >= 4 is 29.0 Å². The van der Waals surface area contributed by atoms with Gasteiger partial charge in [0, 0.05) is 23.9 Å². The van der Waals surface area contributed by atoms with Crippen molar-refractivity contribution in [1.82, 2.24) is 9.97 Å². The molecule has 0 radical (unpaired) electrons. The van der Waals surface area contributed by atoms with Crippen LogP contribution >= 0.6 is 11.6 Å². The van der Waals surface area contributed by atoms with E-state index >= 15 is 0 Å². The first-order valence-electron chi connectivity index (χ1n) is 6.19. The molecule has 1 unspecified atom stereocenters. The third-order valence-electron chi connectivity index (χ3n) is 3.47. The fourth-order valence-corrected chi connectivity index (χ4v) is 2.67. The zero-order chi connectivity index (χ0) is 14.3. The van der Waals surface area contributed by atoms with E-state index < -0.39 is 0 Å². The molecule has 2 aromatic rings. The highest BCUT2D eigenvalue weighted by Gasteiger charge is 2.32. The standard InChI is InChI=1S/C14H12ClN3O2/c1-7(19)8-2-3-16-11(8)4-10-9-5-13(15)17-6-12(9)18-14(10)20/h2-3,5-6,10,16H,4H2,1H3,(H,18,20). The van der Waals surface area contributed by atoms with E-state index in [0.717, 1.165) is 11.3 Å². The molecule has 0 fully saturated rings. The summed E-state index contributed by atoms with van der Waals surface area (Å²) in [5.74, 6) is -0.483. The number of pyridine rings is 1. The summed E-state index contributed by atoms with van der Waals surface area (Å²) >= 11 is 5.89. The summed E-state index contributed by atoms with van der Waals surface area (Å²) in [5, 5.41) is 3.13. The Balaban J connectivity index is 1.96. The molecule has 0 spiro atoms. The fraction of sp³-hybridized carbons (Fsp3) is 0.214. The van der Waals surface area contributed by atoms with Crippen molar-refractivity contribution < 1.29 is 9.59 Å². The van der Waals surface area contributed by atoms with Crippen molar-refractivity contribution in [3.63, 3.8) is 0 Å². The Labute approximate surface area is 120 Å². The molecular formula is C14H12ClN3O2. The molecule has 0 aliphatic carbocycles. The Morgan fingerprint density at radius 1 is 1.50 bits per heavy atom. The molecule has 102 valence electrons. The molecule has 2 N–H and O–H groups in total. The van der Waals surface area contributed by atoms with E-state index in [2.05, 4.69) is 15.3 Å². The normalized spacial score (nSPS) is 16.9.